The Kier molecular flexibility index (Phi) is 4.96. The van der Waals surface area contributed by atoms with Gasteiger partial charge in [-0.1, -0.05) is 31.2 Å². The van der Waals surface area contributed by atoms with Crippen LogP contribution in [-0.2, 0) is 6.18 Å². The number of aliphatic hydroxyl groups excluding tert-OH is 1. The van der Waals surface area contributed by atoms with Gasteiger partial charge < -0.3 is 5.11 Å². The monoisotopic (exact) mass is 312 g/mol. The molecule has 1 nitrogen and oxygen atoms in total. The third-order valence-electron chi connectivity index (χ3n) is 3.04. The van der Waals surface area contributed by atoms with Gasteiger partial charge in [0.05, 0.1) is 5.56 Å². The lowest BCUT2D eigenvalue weighted by atomic mass is 10.00. The lowest BCUT2D eigenvalue weighted by Gasteiger charge is -2.14. The third kappa shape index (κ3) is 4.02. The number of thioether (sulfide) groups is 1. The first-order valence-electron chi connectivity index (χ1n) is 6.50. The minimum atomic E-state index is -4.41. The van der Waals surface area contributed by atoms with Crippen LogP contribution in [0.2, 0.25) is 0 Å². The molecule has 0 aromatic heterocycles. The molecule has 0 saturated carbocycles. The van der Waals surface area contributed by atoms with Crippen molar-refractivity contribution in [2.45, 2.75) is 24.1 Å². The maximum atomic E-state index is 12.7. The van der Waals surface area contributed by atoms with Crippen molar-refractivity contribution in [2.24, 2.45) is 0 Å². The number of hydrogen-bond donors (Lipinski definition) is 1. The molecule has 0 aliphatic carbocycles. The molecule has 0 fully saturated rings. The van der Waals surface area contributed by atoms with Gasteiger partial charge in [0.15, 0.2) is 0 Å². The second-order valence-corrected chi connectivity index (χ2v) is 5.87. The second-order valence-electron chi connectivity index (χ2n) is 4.53. The number of hydrogen-bond acceptors (Lipinski definition) is 2. The van der Waals surface area contributed by atoms with Crippen LogP contribution in [0.4, 0.5) is 13.2 Å². The fraction of sp³-hybridized carbons (Fsp3) is 0.250. The molecule has 1 atom stereocenters. The maximum absolute atomic E-state index is 12.7. The molecule has 0 aliphatic rings. The molecule has 21 heavy (non-hydrogen) atoms. The van der Waals surface area contributed by atoms with Crippen LogP contribution >= 0.6 is 11.8 Å². The lowest BCUT2D eigenvalue weighted by molar-refractivity contribution is -0.137. The molecule has 0 aliphatic heterocycles. The van der Waals surface area contributed by atoms with Crippen LogP contribution in [0.1, 0.15) is 29.7 Å². The Morgan fingerprint density at radius 2 is 1.71 bits per heavy atom. The van der Waals surface area contributed by atoms with E-state index in [1.807, 2.05) is 19.1 Å². The van der Waals surface area contributed by atoms with Crippen LogP contribution in [0.5, 0.6) is 0 Å². The Morgan fingerprint density at radius 3 is 2.29 bits per heavy atom. The summed E-state index contributed by atoms with van der Waals surface area (Å²) in [5.74, 6) is 0.940. The van der Waals surface area contributed by atoms with Gasteiger partial charge in [-0.2, -0.15) is 13.2 Å². The number of aliphatic hydroxyl groups is 1. The summed E-state index contributed by atoms with van der Waals surface area (Å²) in [5.41, 5.74) is 0.0627. The number of halogens is 3. The predicted octanol–water partition coefficient (Wildman–Crippen LogP) is 4.90. The van der Waals surface area contributed by atoms with E-state index in [1.165, 1.54) is 12.1 Å². The minimum absolute atomic E-state index is 0.237. The molecule has 2 rings (SSSR count). The van der Waals surface area contributed by atoms with Crippen LogP contribution in [-0.4, -0.2) is 10.9 Å². The summed E-state index contributed by atoms with van der Waals surface area (Å²) in [5, 5.41) is 10.2. The van der Waals surface area contributed by atoms with Crippen LogP contribution < -0.4 is 0 Å². The molecule has 5 heteroatoms. The van der Waals surface area contributed by atoms with Crippen molar-refractivity contribution in [1.29, 1.82) is 0 Å². The van der Waals surface area contributed by atoms with Gasteiger partial charge in [-0.25, -0.2) is 0 Å². The number of benzene rings is 2. The summed E-state index contributed by atoms with van der Waals surface area (Å²) in [4.78, 5) is 1.07. The van der Waals surface area contributed by atoms with Gasteiger partial charge in [-0.05, 0) is 41.1 Å². The molecule has 0 amide bonds. The van der Waals surface area contributed by atoms with Gasteiger partial charge in [0.2, 0.25) is 0 Å². The van der Waals surface area contributed by atoms with Gasteiger partial charge in [-0.3, -0.25) is 0 Å². The molecule has 112 valence electrons. The molecule has 2 aromatic carbocycles. The molecular formula is C16H15F3OS. The molecule has 2 aromatic rings. The second kappa shape index (κ2) is 6.54. The Morgan fingerprint density at radius 1 is 1.05 bits per heavy atom. The number of alkyl halides is 3. The zero-order valence-electron chi connectivity index (χ0n) is 11.4. The fourth-order valence-electron chi connectivity index (χ4n) is 1.99. The normalized spacial score (nSPS) is 13.2. The molecule has 1 unspecified atom stereocenters. The minimum Gasteiger partial charge on any atom is -0.384 e. The zero-order chi connectivity index (χ0) is 15.5. The summed E-state index contributed by atoms with van der Waals surface area (Å²) >= 11 is 1.67. The SMILES string of the molecule is CCSc1ccc(C(O)c2cccc(C(F)(F)F)c2)cc1. The van der Waals surface area contributed by atoms with Gasteiger partial charge in [0.1, 0.15) is 6.10 Å². The summed E-state index contributed by atoms with van der Waals surface area (Å²) in [6.07, 6.45) is -5.47. The predicted molar refractivity (Wildman–Crippen MR) is 78.3 cm³/mol. The highest BCUT2D eigenvalue weighted by Crippen LogP contribution is 2.32. The van der Waals surface area contributed by atoms with Crippen LogP contribution in [0.25, 0.3) is 0 Å². The largest absolute Gasteiger partial charge is 0.416 e. The molecule has 0 heterocycles. The van der Waals surface area contributed by atoms with E-state index in [0.29, 0.717) is 5.56 Å². The van der Waals surface area contributed by atoms with Crippen molar-refractivity contribution in [3.63, 3.8) is 0 Å². The van der Waals surface area contributed by atoms with Gasteiger partial charge in [0, 0.05) is 4.90 Å². The van der Waals surface area contributed by atoms with Crippen molar-refractivity contribution in [2.75, 3.05) is 5.75 Å². The Hall–Kier alpha value is -1.46. The van der Waals surface area contributed by atoms with E-state index in [0.717, 1.165) is 22.8 Å². The smallest absolute Gasteiger partial charge is 0.384 e. The van der Waals surface area contributed by atoms with Crippen molar-refractivity contribution in [3.8, 4) is 0 Å². The van der Waals surface area contributed by atoms with E-state index >= 15 is 0 Å². The first kappa shape index (κ1) is 15.9. The first-order chi connectivity index (χ1) is 9.91. The summed E-state index contributed by atoms with van der Waals surface area (Å²) in [6, 6.07) is 12.0. The average molecular weight is 312 g/mol. The topological polar surface area (TPSA) is 20.2 Å². The molecule has 0 radical (unpaired) electrons. The van der Waals surface area contributed by atoms with E-state index in [9.17, 15) is 18.3 Å². The lowest BCUT2D eigenvalue weighted by Crippen LogP contribution is -2.07. The molecular weight excluding hydrogens is 297 g/mol. The first-order valence-corrected chi connectivity index (χ1v) is 7.48. The highest BCUT2D eigenvalue weighted by atomic mass is 32.2. The van der Waals surface area contributed by atoms with E-state index in [1.54, 1.807) is 23.9 Å². The zero-order valence-corrected chi connectivity index (χ0v) is 12.2. The standard InChI is InChI=1S/C16H15F3OS/c1-2-21-14-8-6-11(7-9-14)15(20)12-4-3-5-13(10-12)16(17,18)19/h3-10,15,20H,2H2,1H3. The molecule has 0 saturated heterocycles. The van der Waals surface area contributed by atoms with E-state index < -0.39 is 17.8 Å². The van der Waals surface area contributed by atoms with Crippen LogP contribution in [0, 0.1) is 0 Å². The van der Waals surface area contributed by atoms with Crippen LogP contribution in [0.3, 0.4) is 0 Å². The van der Waals surface area contributed by atoms with Crippen LogP contribution in [0.15, 0.2) is 53.4 Å². The van der Waals surface area contributed by atoms with Crippen molar-refractivity contribution >= 4 is 11.8 Å². The number of rotatable bonds is 4. The van der Waals surface area contributed by atoms with Gasteiger partial charge in [0.25, 0.3) is 0 Å². The van der Waals surface area contributed by atoms with Gasteiger partial charge >= 0.3 is 6.18 Å². The van der Waals surface area contributed by atoms with Crippen molar-refractivity contribution in [1.82, 2.24) is 0 Å². The van der Waals surface area contributed by atoms with Gasteiger partial charge in [-0.15, -0.1) is 11.8 Å². The average Bonchev–Trinajstić information content (AvgIpc) is 2.47. The highest BCUT2D eigenvalue weighted by molar-refractivity contribution is 7.99. The van der Waals surface area contributed by atoms with Crippen molar-refractivity contribution in [3.05, 3.63) is 65.2 Å². The summed E-state index contributed by atoms with van der Waals surface area (Å²) in [7, 11) is 0. The fourth-order valence-corrected chi connectivity index (χ4v) is 2.65. The van der Waals surface area contributed by atoms with E-state index in [2.05, 4.69) is 0 Å². The molecule has 0 spiro atoms. The van der Waals surface area contributed by atoms with E-state index in [-0.39, 0.29) is 5.56 Å². The molecule has 0 bridgehead atoms. The quantitative estimate of drug-likeness (QED) is 0.810. The maximum Gasteiger partial charge on any atom is 0.416 e. The molecule has 1 N–H and O–H groups in total. The summed E-state index contributed by atoms with van der Waals surface area (Å²) in [6.45, 7) is 2.04. The Bertz CT molecular complexity index is 593. The van der Waals surface area contributed by atoms with E-state index in [4.69, 9.17) is 0 Å². The summed E-state index contributed by atoms with van der Waals surface area (Å²) < 4.78 is 38.1. The Balaban J connectivity index is 2.25. The highest BCUT2D eigenvalue weighted by Gasteiger charge is 2.30. The Labute approximate surface area is 125 Å². The third-order valence-corrected chi connectivity index (χ3v) is 3.93. The van der Waals surface area contributed by atoms with Crippen molar-refractivity contribution < 1.29 is 18.3 Å².